The molecule has 0 aromatic heterocycles. The van der Waals surface area contributed by atoms with Gasteiger partial charge in [-0.05, 0) is 55.6 Å². The van der Waals surface area contributed by atoms with Crippen LogP contribution in [0, 0.1) is 0 Å². The Hall–Kier alpha value is -1.35. The fraction of sp³-hybridized carbons (Fsp3) is 0.478. The third-order valence-corrected chi connectivity index (χ3v) is 5.90. The van der Waals surface area contributed by atoms with E-state index in [4.69, 9.17) is 11.6 Å². The lowest BCUT2D eigenvalue weighted by molar-refractivity contribution is -0.0152. The number of hydrogen-bond acceptors (Lipinski definition) is 2. The molecule has 26 heavy (non-hydrogen) atoms. The van der Waals surface area contributed by atoms with E-state index in [1.165, 1.54) is 24.8 Å². The highest BCUT2D eigenvalue weighted by Gasteiger charge is 2.39. The Kier molecular flexibility index (Phi) is 6.74. The van der Waals surface area contributed by atoms with Crippen molar-refractivity contribution in [1.82, 2.24) is 4.90 Å². The zero-order valence-corrected chi connectivity index (χ0v) is 16.5. The van der Waals surface area contributed by atoms with E-state index in [9.17, 15) is 5.11 Å². The van der Waals surface area contributed by atoms with Crippen LogP contribution in [0.25, 0.3) is 0 Å². The maximum Gasteiger partial charge on any atom is 0.0976 e. The van der Waals surface area contributed by atoms with Gasteiger partial charge in [0.2, 0.25) is 0 Å². The summed E-state index contributed by atoms with van der Waals surface area (Å²) < 4.78 is 0. The number of likely N-dealkylation sites (tertiary alicyclic amines) is 1. The Morgan fingerprint density at radius 1 is 1.00 bits per heavy atom. The molecule has 2 nitrogen and oxygen atoms in total. The van der Waals surface area contributed by atoms with Crippen LogP contribution in [-0.2, 0) is 5.60 Å². The smallest absolute Gasteiger partial charge is 0.0976 e. The average molecular weight is 372 g/mol. The molecule has 2 aromatic carbocycles. The highest BCUT2D eigenvalue weighted by Crippen LogP contribution is 2.42. The highest BCUT2D eigenvalue weighted by atomic mass is 35.5. The van der Waals surface area contributed by atoms with Gasteiger partial charge in [0.1, 0.15) is 0 Å². The first-order valence-electron chi connectivity index (χ1n) is 9.89. The van der Waals surface area contributed by atoms with Gasteiger partial charge >= 0.3 is 0 Å². The van der Waals surface area contributed by atoms with E-state index in [-0.39, 0.29) is 5.92 Å². The Balaban J connectivity index is 1.99. The van der Waals surface area contributed by atoms with Crippen molar-refractivity contribution in [1.29, 1.82) is 0 Å². The Labute approximate surface area is 162 Å². The summed E-state index contributed by atoms with van der Waals surface area (Å²) in [6.45, 7) is 5.30. The lowest BCUT2D eigenvalue weighted by atomic mass is 9.74. The summed E-state index contributed by atoms with van der Waals surface area (Å²) >= 11 is 6.10. The molecule has 0 aliphatic carbocycles. The van der Waals surface area contributed by atoms with E-state index in [1.54, 1.807) is 0 Å². The van der Waals surface area contributed by atoms with Crippen LogP contribution in [0.15, 0.2) is 54.6 Å². The first kappa shape index (κ1) is 19.4. The van der Waals surface area contributed by atoms with Gasteiger partial charge in [-0.2, -0.15) is 0 Å². The molecule has 0 bridgehead atoms. The van der Waals surface area contributed by atoms with E-state index < -0.39 is 5.60 Å². The third-order valence-electron chi connectivity index (χ3n) is 5.64. The molecule has 2 aromatic rings. The molecule has 140 valence electrons. The summed E-state index contributed by atoms with van der Waals surface area (Å²) in [5, 5.41) is 12.7. The number of piperidine rings is 1. The molecule has 1 saturated heterocycles. The number of nitrogens with zero attached hydrogens (tertiary/aromatic N) is 1. The van der Waals surface area contributed by atoms with Crippen molar-refractivity contribution < 1.29 is 5.11 Å². The van der Waals surface area contributed by atoms with Gasteiger partial charge in [-0.25, -0.2) is 0 Å². The molecule has 1 N–H and O–H groups in total. The minimum Gasteiger partial charge on any atom is -0.384 e. The molecule has 0 unspecified atom stereocenters. The van der Waals surface area contributed by atoms with Gasteiger partial charge in [-0.3, -0.25) is 0 Å². The second kappa shape index (κ2) is 9.03. The molecule has 0 saturated carbocycles. The van der Waals surface area contributed by atoms with Crippen LogP contribution in [0.2, 0.25) is 5.02 Å². The van der Waals surface area contributed by atoms with Crippen molar-refractivity contribution >= 4 is 11.6 Å². The minimum atomic E-state index is -0.891. The number of hydrogen-bond donors (Lipinski definition) is 1. The molecule has 0 radical (unpaired) electrons. The summed E-state index contributed by atoms with van der Waals surface area (Å²) in [6.07, 6.45) is 5.51. The van der Waals surface area contributed by atoms with Crippen molar-refractivity contribution in [2.24, 2.45) is 0 Å². The summed E-state index contributed by atoms with van der Waals surface area (Å²) in [5.74, 6) is 0.0444. The molecule has 3 rings (SSSR count). The van der Waals surface area contributed by atoms with E-state index in [0.29, 0.717) is 5.02 Å². The SMILES string of the molecule is CCC[C@](O)(c1ccc(Cl)cc1)[C@H](CN1CCCCC1)c1ccccc1. The first-order valence-corrected chi connectivity index (χ1v) is 10.3. The van der Waals surface area contributed by atoms with Crippen molar-refractivity contribution in [2.45, 2.75) is 50.5 Å². The average Bonchev–Trinajstić information content (AvgIpc) is 2.68. The van der Waals surface area contributed by atoms with Gasteiger partial charge in [-0.15, -0.1) is 0 Å². The Morgan fingerprint density at radius 2 is 1.65 bits per heavy atom. The van der Waals surface area contributed by atoms with E-state index in [2.05, 4.69) is 36.1 Å². The van der Waals surface area contributed by atoms with Gasteiger partial charge in [0.25, 0.3) is 0 Å². The zero-order chi connectivity index (χ0) is 18.4. The Bertz CT molecular complexity index is 666. The second-order valence-corrected chi connectivity index (χ2v) is 7.94. The molecule has 1 fully saturated rings. The van der Waals surface area contributed by atoms with Gasteiger partial charge in [0.15, 0.2) is 0 Å². The molecule has 1 heterocycles. The molecule has 0 spiro atoms. The summed E-state index contributed by atoms with van der Waals surface area (Å²) in [4.78, 5) is 2.53. The molecular weight excluding hydrogens is 342 g/mol. The van der Waals surface area contributed by atoms with Crippen molar-refractivity contribution in [3.8, 4) is 0 Å². The van der Waals surface area contributed by atoms with Crippen molar-refractivity contribution in [2.75, 3.05) is 19.6 Å². The summed E-state index contributed by atoms with van der Waals surface area (Å²) in [6, 6.07) is 18.3. The van der Waals surface area contributed by atoms with E-state index in [1.807, 2.05) is 30.3 Å². The molecule has 0 amide bonds. The van der Waals surface area contributed by atoms with Crippen LogP contribution in [0.5, 0.6) is 0 Å². The number of benzene rings is 2. The standard InChI is InChI=1S/C23H30ClNO/c1-2-15-23(26,20-11-13-21(24)14-12-20)22(19-9-5-3-6-10-19)18-25-16-7-4-8-17-25/h3,5-6,9-14,22,26H,2,4,7-8,15-18H2,1H3/t22-,23+/m1/s1. The second-order valence-electron chi connectivity index (χ2n) is 7.51. The highest BCUT2D eigenvalue weighted by molar-refractivity contribution is 6.30. The topological polar surface area (TPSA) is 23.5 Å². The first-order chi connectivity index (χ1) is 12.6. The number of rotatable bonds is 7. The van der Waals surface area contributed by atoms with Crippen LogP contribution in [-0.4, -0.2) is 29.6 Å². The van der Waals surface area contributed by atoms with Gasteiger partial charge in [0, 0.05) is 17.5 Å². The predicted molar refractivity (Wildman–Crippen MR) is 110 cm³/mol. The van der Waals surface area contributed by atoms with E-state index >= 15 is 0 Å². The van der Waals surface area contributed by atoms with Crippen molar-refractivity contribution in [3.63, 3.8) is 0 Å². The van der Waals surface area contributed by atoms with Crippen LogP contribution < -0.4 is 0 Å². The summed E-state index contributed by atoms with van der Waals surface area (Å²) in [7, 11) is 0. The van der Waals surface area contributed by atoms with Crippen LogP contribution >= 0.6 is 11.6 Å². The van der Waals surface area contributed by atoms with Crippen LogP contribution in [0.3, 0.4) is 0 Å². The fourth-order valence-electron chi connectivity index (χ4n) is 4.26. The molecule has 1 aliphatic rings. The molecule has 3 heteroatoms. The van der Waals surface area contributed by atoms with Crippen LogP contribution in [0.1, 0.15) is 56.1 Å². The normalized spacial score (nSPS) is 19.0. The van der Waals surface area contributed by atoms with Crippen molar-refractivity contribution in [3.05, 3.63) is 70.7 Å². The van der Waals surface area contributed by atoms with Gasteiger partial charge in [-0.1, -0.05) is 73.8 Å². The van der Waals surface area contributed by atoms with Crippen LogP contribution in [0.4, 0.5) is 0 Å². The van der Waals surface area contributed by atoms with Gasteiger partial charge < -0.3 is 10.0 Å². The zero-order valence-electron chi connectivity index (χ0n) is 15.7. The molecular formula is C23H30ClNO. The number of aliphatic hydroxyl groups is 1. The number of halogens is 1. The maximum absolute atomic E-state index is 11.9. The third kappa shape index (κ3) is 4.49. The molecule has 2 atom stereocenters. The quantitative estimate of drug-likeness (QED) is 0.685. The maximum atomic E-state index is 11.9. The largest absolute Gasteiger partial charge is 0.384 e. The fourth-order valence-corrected chi connectivity index (χ4v) is 4.38. The molecule has 1 aliphatic heterocycles. The minimum absolute atomic E-state index is 0.0444. The summed E-state index contributed by atoms with van der Waals surface area (Å²) in [5.41, 5.74) is 1.29. The lowest BCUT2D eigenvalue weighted by Gasteiger charge is -2.41. The van der Waals surface area contributed by atoms with E-state index in [0.717, 1.165) is 38.0 Å². The Morgan fingerprint density at radius 3 is 2.27 bits per heavy atom. The monoisotopic (exact) mass is 371 g/mol. The predicted octanol–water partition coefficient (Wildman–Crippen LogP) is 5.60. The lowest BCUT2D eigenvalue weighted by Crippen LogP contribution is -2.42. The van der Waals surface area contributed by atoms with Gasteiger partial charge in [0.05, 0.1) is 5.60 Å².